The molecular weight excluding hydrogens is 466 g/mol. The number of hydrogen-bond acceptors (Lipinski definition) is 5. The van der Waals surface area contributed by atoms with Gasteiger partial charge in [-0.1, -0.05) is 48.9 Å². The maximum absolute atomic E-state index is 15.7. The quantitative estimate of drug-likeness (QED) is 0.464. The van der Waals surface area contributed by atoms with Crippen LogP contribution in [0.5, 0.6) is 11.5 Å². The number of aliphatic hydroxyl groups is 1. The number of rotatable bonds is 7. The summed E-state index contributed by atoms with van der Waals surface area (Å²) in [5.74, 6) is -3.38. The van der Waals surface area contributed by atoms with Gasteiger partial charge in [0.15, 0.2) is 17.2 Å². The van der Waals surface area contributed by atoms with Crippen LogP contribution in [-0.2, 0) is 5.60 Å². The number of fused-ring (bicyclic) bond motifs is 1. The van der Waals surface area contributed by atoms with Crippen LogP contribution in [0, 0.1) is 11.6 Å². The molecule has 3 aromatic rings. The molecule has 3 aromatic carbocycles. The van der Waals surface area contributed by atoms with Crippen LogP contribution in [0.2, 0.25) is 5.02 Å². The number of primary amides is 1. The second-order valence-corrected chi connectivity index (χ2v) is 8.36. The fraction of sp³-hybridized carbons (Fsp3) is 0.240. The summed E-state index contributed by atoms with van der Waals surface area (Å²) in [6.45, 7) is 1.31. The Hall–Kier alpha value is -3.20. The molecule has 1 amide bonds. The van der Waals surface area contributed by atoms with Crippen molar-refractivity contribution in [2.75, 3.05) is 19.8 Å². The highest BCUT2D eigenvalue weighted by molar-refractivity contribution is 6.34. The summed E-state index contributed by atoms with van der Waals surface area (Å²) >= 11 is 6.40. The second kappa shape index (κ2) is 9.21. The first-order valence-corrected chi connectivity index (χ1v) is 11.0. The van der Waals surface area contributed by atoms with Crippen LogP contribution in [-0.4, -0.2) is 30.8 Å². The Labute approximate surface area is 200 Å². The molecule has 0 saturated carbocycles. The molecule has 2 atom stereocenters. The lowest BCUT2D eigenvalue weighted by Gasteiger charge is -2.32. The van der Waals surface area contributed by atoms with Crippen LogP contribution in [0.1, 0.15) is 34.3 Å². The molecule has 4 rings (SSSR count). The van der Waals surface area contributed by atoms with Gasteiger partial charge in [0.2, 0.25) is 5.91 Å². The van der Waals surface area contributed by atoms with Crippen molar-refractivity contribution >= 4 is 17.5 Å². The summed E-state index contributed by atoms with van der Waals surface area (Å²) in [6, 6.07) is 12.8. The Bertz CT molecular complexity index is 1260. The van der Waals surface area contributed by atoms with Gasteiger partial charge < -0.3 is 26.0 Å². The van der Waals surface area contributed by atoms with Crippen molar-refractivity contribution in [3.8, 4) is 22.6 Å². The van der Waals surface area contributed by atoms with Crippen molar-refractivity contribution in [1.29, 1.82) is 0 Å². The van der Waals surface area contributed by atoms with E-state index in [1.807, 2.05) is 37.3 Å². The zero-order valence-electron chi connectivity index (χ0n) is 18.3. The van der Waals surface area contributed by atoms with Crippen molar-refractivity contribution < 1.29 is 28.2 Å². The van der Waals surface area contributed by atoms with Gasteiger partial charge in [-0.2, -0.15) is 0 Å². The number of benzene rings is 3. The molecule has 0 aliphatic carbocycles. The molecule has 6 nitrogen and oxygen atoms in total. The number of halogens is 3. The zero-order valence-corrected chi connectivity index (χ0v) is 19.0. The van der Waals surface area contributed by atoms with E-state index in [4.69, 9.17) is 37.6 Å². The summed E-state index contributed by atoms with van der Waals surface area (Å²) in [6.07, 6.45) is 0. The number of carbonyl (C=O) groups excluding carboxylic acids is 1. The molecule has 0 saturated heterocycles. The lowest BCUT2D eigenvalue weighted by Crippen LogP contribution is -2.41. The largest absolute Gasteiger partial charge is 0.488 e. The topological polar surface area (TPSA) is 108 Å². The molecule has 5 N–H and O–H groups in total. The van der Waals surface area contributed by atoms with Gasteiger partial charge in [-0.05, 0) is 17.7 Å². The molecule has 0 spiro atoms. The second-order valence-electron chi connectivity index (χ2n) is 7.98. The van der Waals surface area contributed by atoms with E-state index in [-0.39, 0.29) is 47.9 Å². The fourth-order valence-electron chi connectivity index (χ4n) is 4.53. The first-order chi connectivity index (χ1) is 16.3. The molecule has 1 heterocycles. The smallest absolute Gasteiger partial charge is 0.249 e. The van der Waals surface area contributed by atoms with E-state index < -0.39 is 34.1 Å². The van der Waals surface area contributed by atoms with Gasteiger partial charge in [0.05, 0.1) is 17.2 Å². The monoisotopic (exact) mass is 488 g/mol. The summed E-state index contributed by atoms with van der Waals surface area (Å²) in [7, 11) is 0. The fourth-order valence-corrected chi connectivity index (χ4v) is 4.78. The van der Waals surface area contributed by atoms with E-state index in [9.17, 15) is 4.79 Å². The summed E-state index contributed by atoms with van der Waals surface area (Å²) in [5.41, 5.74) is 11.2. The highest BCUT2D eigenvalue weighted by Crippen LogP contribution is 2.56. The van der Waals surface area contributed by atoms with E-state index in [1.54, 1.807) is 0 Å². The molecule has 0 bridgehead atoms. The maximum atomic E-state index is 15.7. The van der Waals surface area contributed by atoms with Crippen LogP contribution >= 0.6 is 11.6 Å². The van der Waals surface area contributed by atoms with E-state index in [2.05, 4.69) is 0 Å². The number of aliphatic hydroxyl groups excluding tert-OH is 1. The number of amides is 1. The molecule has 1 aliphatic heterocycles. The minimum Gasteiger partial charge on any atom is -0.488 e. The Kier molecular flexibility index (Phi) is 6.49. The van der Waals surface area contributed by atoms with Gasteiger partial charge in [-0.3, -0.25) is 4.79 Å². The molecule has 2 unspecified atom stereocenters. The predicted molar refractivity (Wildman–Crippen MR) is 124 cm³/mol. The third-order valence-electron chi connectivity index (χ3n) is 6.18. The first kappa shape index (κ1) is 23.9. The Morgan fingerprint density at radius 2 is 1.91 bits per heavy atom. The van der Waals surface area contributed by atoms with Gasteiger partial charge in [0.1, 0.15) is 18.2 Å². The van der Waals surface area contributed by atoms with E-state index in [1.165, 1.54) is 12.1 Å². The van der Waals surface area contributed by atoms with Gasteiger partial charge >= 0.3 is 0 Å². The van der Waals surface area contributed by atoms with Crippen LogP contribution in [0.4, 0.5) is 8.78 Å². The predicted octanol–water partition coefficient (Wildman–Crippen LogP) is 4.11. The highest BCUT2D eigenvalue weighted by Gasteiger charge is 2.49. The molecule has 9 heteroatoms. The Morgan fingerprint density at radius 3 is 2.53 bits per heavy atom. The average molecular weight is 489 g/mol. The van der Waals surface area contributed by atoms with Crippen molar-refractivity contribution in [1.82, 2.24) is 0 Å². The van der Waals surface area contributed by atoms with Crippen molar-refractivity contribution in [3.63, 3.8) is 0 Å². The molecule has 0 fully saturated rings. The summed E-state index contributed by atoms with van der Waals surface area (Å²) < 4.78 is 42.3. The molecule has 1 aliphatic rings. The molecule has 0 radical (unpaired) electrons. The standard InChI is InChI=1S/C25H23ClF2N2O4/c1-13-19-18(34-25(13,12-29)14-5-3-2-4-6-14)11-16(27)22(26)21(19)20-15(24(30)32)7-8-17(23(20)28)33-10-9-31/h2-8,11,13,31H,9-10,12,29H2,1H3,(H2,30,32). The average Bonchev–Trinajstić information content (AvgIpc) is 3.12. The number of hydrogen-bond donors (Lipinski definition) is 3. The minimum absolute atomic E-state index is 0.0380. The van der Waals surface area contributed by atoms with Crippen molar-refractivity contribution in [2.45, 2.75) is 18.4 Å². The van der Waals surface area contributed by atoms with E-state index in [0.29, 0.717) is 5.56 Å². The normalized spacial score (nSPS) is 18.9. The highest BCUT2D eigenvalue weighted by atomic mass is 35.5. The van der Waals surface area contributed by atoms with Crippen molar-refractivity contribution in [3.05, 3.63) is 81.9 Å². The van der Waals surface area contributed by atoms with Gasteiger partial charge in [0, 0.05) is 35.2 Å². The van der Waals surface area contributed by atoms with Crippen LogP contribution < -0.4 is 20.9 Å². The Balaban J connectivity index is 2.02. The van der Waals surface area contributed by atoms with E-state index in [0.717, 1.165) is 11.6 Å². The first-order valence-electron chi connectivity index (χ1n) is 10.6. The van der Waals surface area contributed by atoms with Gasteiger partial charge in [-0.25, -0.2) is 8.78 Å². The maximum Gasteiger partial charge on any atom is 0.249 e. The lowest BCUT2D eigenvalue weighted by atomic mass is 9.77. The SMILES string of the molecule is CC1c2c(cc(F)c(Cl)c2-c2c(C(N)=O)ccc(OCCO)c2F)OC1(CN)c1ccccc1. The Morgan fingerprint density at radius 1 is 1.21 bits per heavy atom. The minimum atomic E-state index is -1.08. The molecule has 34 heavy (non-hydrogen) atoms. The molecule has 178 valence electrons. The van der Waals surface area contributed by atoms with Crippen LogP contribution in [0.3, 0.4) is 0 Å². The summed E-state index contributed by atoms with van der Waals surface area (Å²) in [5, 5.41) is 8.67. The van der Waals surface area contributed by atoms with Crippen LogP contribution in [0.25, 0.3) is 11.1 Å². The molecule has 0 aromatic heterocycles. The number of ether oxygens (including phenoxy) is 2. The van der Waals surface area contributed by atoms with E-state index >= 15 is 8.78 Å². The zero-order chi connectivity index (χ0) is 24.6. The summed E-state index contributed by atoms with van der Waals surface area (Å²) in [4.78, 5) is 12.2. The number of nitrogens with two attached hydrogens (primary N) is 2. The van der Waals surface area contributed by atoms with Crippen molar-refractivity contribution in [2.24, 2.45) is 11.5 Å². The van der Waals surface area contributed by atoms with Gasteiger partial charge in [0.25, 0.3) is 0 Å². The van der Waals surface area contributed by atoms with Gasteiger partial charge in [-0.15, -0.1) is 0 Å². The third kappa shape index (κ3) is 3.68. The lowest BCUT2D eigenvalue weighted by molar-refractivity contribution is 0.0800. The molecular formula is C25H23ClF2N2O4. The number of carbonyl (C=O) groups is 1. The van der Waals surface area contributed by atoms with Crippen LogP contribution in [0.15, 0.2) is 48.5 Å². The third-order valence-corrected chi connectivity index (χ3v) is 6.55.